The molecule has 0 N–H and O–H groups in total. The average molecular weight is 304 g/mol. The highest BCUT2D eigenvalue weighted by Gasteiger charge is 2.54. The molecule has 0 aromatic heterocycles. The average Bonchev–Trinajstić information content (AvgIpc) is 2.96. The third-order valence-electron chi connectivity index (χ3n) is 6.17. The van der Waals surface area contributed by atoms with Crippen LogP contribution in [0.3, 0.4) is 0 Å². The van der Waals surface area contributed by atoms with Gasteiger partial charge in [-0.3, -0.25) is 14.4 Å². The zero-order chi connectivity index (χ0) is 15.4. The van der Waals surface area contributed by atoms with Crippen LogP contribution in [0, 0.1) is 35.5 Å². The van der Waals surface area contributed by atoms with Crippen LogP contribution < -0.4 is 0 Å². The fourth-order valence-corrected chi connectivity index (χ4v) is 5.12. The topological polar surface area (TPSA) is 69.7 Å². The van der Waals surface area contributed by atoms with Gasteiger partial charge in [0.05, 0.1) is 17.8 Å². The molecule has 118 valence electrons. The molecule has 0 amide bonds. The van der Waals surface area contributed by atoms with E-state index in [0.29, 0.717) is 11.7 Å². The number of allylic oxidation sites excluding steroid dienone is 1. The first-order valence-corrected chi connectivity index (χ1v) is 8.22. The first-order chi connectivity index (χ1) is 10.6. The van der Waals surface area contributed by atoms with Gasteiger partial charge >= 0.3 is 17.9 Å². The van der Waals surface area contributed by atoms with Gasteiger partial charge in [0.15, 0.2) is 0 Å². The molecule has 4 aliphatic rings. The lowest BCUT2D eigenvalue weighted by Gasteiger charge is -2.39. The molecule has 2 saturated heterocycles. The second-order valence-corrected chi connectivity index (χ2v) is 7.14. The lowest BCUT2D eigenvalue weighted by molar-refractivity contribution is -0.154. The van der Waals surface area contributed by atoms with Gasteiger partial charge in [-0.2, -0.15) is 0 Å². The number of hydrogen-bond acceptors (Lipinski definition) is 5. The van der Waals surface area contributed by atoms with Crippen molar-refractivity contribution < 1.29 is 23.9 Å². The van der Waals surface area contributed by atoms with Crippen LogP contribution >= 0.6 is 0 Å². The van der Waals surface area contributed by atoms with Crippen molar-refractivity contribution in [2.24, 2.45) is 35.5 Å². The number of ether oxygens (including phenoxy) is 2. The van der Waals surface area contributed by atoms with E-state index in [2.05, 4.69) is 6.58 Å². The summed E-state index contributed by atoms with van der Waals surface area (Å²) in [6, 6.07) is 0. The minimum absolute atomic E-state index is 0.111. The van der Waals surface area contributed by atoms with Crippen molar-refractivity contribution in [1.82, 2.24) is 0 Å². The molecule has 6 atom stereocenters. The van der Waals surface area contributed by atoms with E-state index in [1.165, 1.54) is 0 Å². The molecule has 5 heteroatoms. The molecular weight excluding hydrogens is 284 g/mol. The quantitative estimate of drug-likeness (QED) is 0.549. The zero-order valence-corrected chi connectivity index (χ0v) is 12.5. The summed E-state index contributed by atoms with van der Waals surface area (Å²) in [6.45, 7) is 3.84. The summed E-state index contributed by atoms with van der Waals surface area (Å²) >= 11 is 0. The summed E-state index contributed by atoms with van der Waals surface area (Å²) in [7, 11) is 0. The summed E-state index contributed by atoms with van der Waals surface area (Å²) < 4.78 is 10.1. The van der Waals surface area contributed by atoms with Gasteiger partial charge in [0.1, 0.15) is 5.76 Å². The molecule has 0 spiro atoms. The molecule has 4 rings (SSSR count). The van der Waals surface area contributed by atoms with Crippen molar-refractivity contribution in [3.05, 3.63) is 12.3 Å². The predicted octanol–water partition coefficient (Wildman–Crippen LogP) is 2.21. The Hall–Kier alpha value is -1.65. The smallest absolute Gasteiger partial charge is 0.317 e. The number of esters is 3. The Morgan fingerprint density at radius 2 is 1.59 bits per heavy atom. The van der Waals surface area contributed by atoms with Crippen molar-refractivity contribution in [1.29, 1.82) is 0 Å². The van der Waals surface area contributed by atoms with E-state index in [4.69, 9.17) is 9.47 Å². The van der Waals surface area contributed by atoms with Crippen molar-refractivity contribution in [3.63, 3.8) is 0 Å². The minimum Gasteiger partial charge on any atom is -0.431 e. The molecule has 2 aliphatic carbocycles. The Morgan fingerprint density at radius 3 is 2.41 bits per heavy atom. The van der Waals surface area contributed by atoms with Gasteiger partial charge in [-0.1, -0.05) is 13.0 Å². The van der Waals surface area contributed by atoms with Crippen LogP contribution in [0.5, 0.6) is 0 Å². The molecule has 0 bridgehead atoms. The van der Waals surface area contributed by atoms with Gasteiger partial charge < -0.3 is 9.47 Å². The van der Waals surface area contributed by atoms with Crippen molar-refractivity contribution in [2.75, 3.05) is 0 Å². The minimum atomic E-state index is -0.347. The number of cyclic esters (lactones) is 3. The summed E-state index contributed by atoms with van der Waals surface area (Å²) in [6.07, 6.45) is 5.25. The van der Waals surface area contributed by atoms with E-state index in [0.717, 1.165) is 38.5 Å². The van der Waals surface area contributed by atoms with Crippen LogP contribution in [0.15, 0.2) is 12.3 Å². The lowest BCUT2D eigenvalue weighted by Crippen LogP contribution is -2.38. The molecule has 2 aliphatic heterocycles. The summed E-state index contributed by atoms with van der Waals surface area (Å²) in [5, 5.41) is 0. The van der Waals surface area contributed by atoms with Crippen LogP contribution in [0.1, 0.15) is 38.5 Å². The van der Waals surface area contributed by atoms with Gasteiger partial charge in [0.2, 0.25) is 0 Å². The maximum absolute atomic E-state index is 12.1. The van der Waals surface area contributed by atoms with Gasteiger partial charge in [0, 0.05) is 5.92 Å². The van der Waals surface area contributed by atoms with Gasteiger partial charge in [-0.15, -0.1) is 0 Å². The van der Waals surface area contributed by atoms with E-state index in [1.54, 1.807) is 0 Å². The monoisotopic (exact) mass is 304 g/mol. The molecule has 5 nitrogen and oxygen atoms in total. The highest BCUT2D eigenvalue weighted by Crippen LogP contribution is 2.51. The third-order valence-corrected chi connectivity index (χ3v) is 6.17. The van der Waals surface area contributed by atoms with Crippen molar-refractivity contribution in [3.8, 4) is 0 Å². The van der Waals surface area contributed by atoms with E-state index in [-0.39, 0.29) is 47.5 Å². The Kier molecular flexibility index (Phi) is 3.13. The van der Waals surface area contributed by atoms with Crippen molar-refractivity contribution in [2.45, 2.75) is 38.5 Å². The molecule has 2 saturated carbocycles. The molecule has 22 heavy (non-hydrogen) atoms. The highest BCUT2D eigenvalue weighted by molar-refractivity contribution is 5.96. The molecule has 0 radical (unpaired) electrons. The van der Waals surface area contributed by atoms with Crippen LogP contribution in [0.4, 0.5) is 0 Å². The standard InChI is InChI=1S/C17H20O5/c1-8-10-6-5-9(7-13(10)16(19)21-8)11-3-2-4-12-14(11)17(20)22-15(12)18/h9-14H,1-7H2. The van der Waals surface area contributed by atoms with Crippen LogP contribution in [-0.4, -0.2) is 17.9 Å². The number of fused-ring (bicyclic) bond motifs is 2. The summed E-state index contributed by atoms with van der Waals surface area (Å²) in [5.41, 5.74) is 0. The SMILES string of the molecule is C=C1OC(=O)C2CC(C3CCCC4C(=O)OC(=O)C43)CCC12. The molecule has 2 heterocycles. The third kappa shape index (κ3) is 1.94. The van der Waals surface area contributed by atoms with Crippen LogP contribution in [0.2, 0.25) is 0 Å². The van der Waals surface area contributed by atoms with E-state index in [1.807, 2.05) is 0 Å². The summed E-state index contributed by atoms with van der Waals surface area (Å²) in [5.74, 6) is -0.311. The maximum Gasteiger partial charge on any atom is 0.317 e. The maximum atomic E-state index is 12.1. The Balaban J connectivity index is 1.55. The van der Waals surface area contributed by atoms with Gasteiger partial charge in [-0.25, -0.2) is 0 Å². The number of carbonyl (C=O) groups is 3. The zero-order valence-electron chi connectivity index (χ0n) is 12.5. The Labute approximate surface area is 129 Å². The van der Waals surface area contributed by atoms with E-state index < -0.39 is 0 Å². The van der Waals surface area contributed by atoms with Gasteiger partial charge in [0.25, 0.3) is 0 Å². The number of carbonyl (C=O) groups excluding carboxylic acids is 3. The molecule has 6 unspecified atom stereocenters. The molecule has 0 aromatic rings. The van der Waals surface area contributed by atoms with E-state index >= 15 is 0 Å². The first kappa shape index (κ1) is 14.0. The molecule has 0 aromatic carbocycles. The first-order valence-electron chi connectivity index (χ1n) is 8.22. The summed E-state index contributed by atoms with van der Waals surface area (Å²) in [4.78, 5) is 35.8. The number of hydrogen-bond donors (Lipinski definition) is 0. The second-order valence-electron chi connectivity index (χ2n) is 7.14. The highest BCUT2D eigenvalue weighted by atomic mass is 16.6. The largest absolute Gasteiger partial charge is 0.431 e. The second kappa shape index (κ2) is 4.93. The predicted molar refractivity (Wildman–Crippen MR) is 75.0 cm³/mol. The number of rotatable bonds is 1. The molecular formula is C17H20O5. The van der Waals surface area contributed by atoms with Crippen molar-refractivity contribution >= 4 is 17.9 Å². The normalized spacial score (nSPS) is 44.4. The molecule has 4 fully saturated rings. The lowest BCUT2D eigenvalue weighted by atomic mass is 9.62. The Bertz CT molecular complexity index is 565. The fraction of sp³-hybridized carbons (Fsp3) is 0.706. The Morgan fingerprint density at radius 1 is 0.818 bits per heavy atom. The van der Waals surface area contributed by atoms with Crippen LogP contribution in [0.25, 0.3) is 0 Å². The fourth-order valence-electron chi connectivity index (χ4n) is 5.12. The van der Waals surface area contributed by atoms with Crippen LogP contribution in [-0.2, 0) is 23.9 Å². The van der Waals surface area contributed by atoms with E-state index in [9.17, 15) is 14.4 Å². The van der Waals surface area contributed by atoms with Gasteiger partial charge in [-0.05, 0) is 43.9 Å².